The van der Waals surface area contributed by atoms with Gasteiger partial charge < -0.3 is 15.7 Å². The van der Waals surface area contributed by atoms with Crippen molar-refractivity contribution < 1.29 is 14.7 Å². The molecule has 0 spiro atoms. The molecule has 0 aliphatic heterocycles. The highest BCUT2D eigenvalue weighted by molar-refractivity contribution is 5.78. The smallest absolute Gasteiger partial charge is 0.315 e. The fourth-order valence-electron chi connectivity index (χ4n) is 2.50. The van der Waals surface area contributed by atoms with Crippen molar-refractivity contribution in [3.8, 4) is 0 Å². The second-order valence-electron chi connectivity index (χ2n) is 5.64. The Hall–Kier alpha value is -1.26. The lowest BCUT2D eigenvalue weighted by atomic mass is 9.80. The lowest BCUT2D eigenvalue weighted by molar-refractivity contribution is -0.149. The van der Waals surface area contributed by atoms with Crippen LogP contribution in [0.5, 0.6) is 0 Å². The molecule has 1 rings (SSSR count). The summed E-state index contributed by atoms with van der Waals surface area (Å²) < 4.78 is 0. The third-order valence-corrected chi connectivity index (χ3v) is 4.09. The van der Waals surface area contributed by atoms with Gasteiger partial charge in [0.1, 0.15) is 0 Å². The van der Waals surface area contributed by atoms with Crippen molar-refractivity contribution in [2.45, 2.75) is 64.8 Å². The number of carboxylic acids is 1. The molecule has 0 radical (unpaired) electrons. The fourth-order valence-corrected chi connectivity index (χ4v) is 2.50. The Bertz CT molecular complexity index is 310. The Balaban J connectivity index is 2.54. The molecular weight excluding hydrogens is 244 g/mol. The standard InChI is InChI=1S/C14H26N2O3/c1-3-11(2)16-13(19)15-10-14(12(17)18)8-6-4-5-7-9-14/h11H,3-10H2,1-2H3,(H,17,18)(H2,15,16,19). The van der Waals surface area contributed by atoms with E-state index in [0.29, 0.717) is 12.8 Å². The molecule has 0 bridgehead atoms. The van der Waals surface area contributed by atoms with Crippen LogP contribution in [0.15, 0.2) is 0 Å². The molecule has 5 heteroatoms. The van der Waals surface area contributed by atoms with E-state index in [1.165, 1.54) is 0 Å². The molecule has 0 saturated heterocycles. The van der Waals surface area contributed by atoms with Gasteiger partial charge in [0.15, 0.2) is 0 Å². The first kappa shape index (κ1) is 15.8. The Kier molecular flexibility index (Phi) is 6.12. The van der Waals surface area contributed by atoms with Crippen molar-refractivity contribution in [1.82, 2.24) is 10.6 Å². The summed E-state index contributed by atoms with van der Waals surface area (Å²) in [6, 6.07) is -0.158. The van der Waals surface area contributed by atoms with Crippen molar-refractivity contribution in [3.63, 3.8) is 0 Å². The van der Waals surface area contributed by atoms with Crippen molar-refractivity contribution in [2.75, 3.05) is 6.54 Å². The van der Waals surface area contributed by atoms with E-state index in [2.05, 4.69) is 10.6 Å². The predicted molar refractivity (Wildman–Crippen MR) is 74.1 cm³/mol. The summed E-state index contributed by atoms with van der Waals surface area (Å²) in [5.74, 6) is -0.779. The van der Waals surface area contributed by atoms with E-state index in [9.17, 15) is 14.7 Å². The number of hydrogen-bond acceptors (Lipinski definition) is 2. The van der Waals surface area contributed by atoms with Gasteiger partial charge in [-0.25, -0.2) is 4.79 Å². The quantitative estimate of drug-likeness (QED) is 0.672. The monoisotopic (exact) mass is 270 g/mol. The van der Waals surface area contributed by atoms with Gasteiger partial charge in [-0.2, -0.15) is 0 Å². The molecule has 1 aliphatic carbocycles. The van der Waals surface area contributed by atoms with Crippen molar-refractivity contribution in [1.29, 1.82) is 0 Å². The van der Waals surface area contributed by atoms with Gasteiger partial charge in [0.05, 0.1) is 5.41 Å². The topological polar surface area (TPSA) is 78.4 Å². The molecular formula is C14H26N2O3. The molecule has 0 aromatic rings. The zero-order valence-electron chi connectivity index (χ0n) is 12.0. The number of hydrogen-bond donors (Lipinski definition) is 3. The van der Waals surface area contributed by atoms with Crippen LogP contribution in [0.25, 0.3) is 0 Å². The number of nitrogens with one attached hydrogen (secondary N) is 2. The minimum Gasteiger partial charge on any atom is -0.481 e. The number of carbonyl (C=O) groups excluding carboxylic acids is 1. The van der Waals surface area contributed by atoms with Crippen molar-refractivity contribution >= 4 is 12.0 Å². The Labute approximate surface area is 115 Å². The van der Waals surface area contributed by atoms with Crippen LogP contribution in [0.3, 0.4) is 0 Å². The number of amides is 2. The van der Waals surface area contributed by atoms with E-state index in [1.807, 2.05) is 13.8 Å². The van der Waals surface area contributed by atoms with Crippen LogP contribution in [0, 0.1) is 5.41 Å². The number of carboxylic acid groups (broad SMARTS) is 1. The molecule has 1 fully saturated rings. The third kappa shape index (κ3) is 4.73. The first-order valence-electron chi connectivity index (χ1n) is 7.28. The molecule has 1 atom stereocenters. The van der Waals surface area contributed by atoms with E-state index in [1.54, 1.807) is 0 Å². The Morgan fingerprint density at radius 3 is 2.26 bits per heavy atom. The van der Waals surface area contributed by atoms with E-state index in [0.717, 1.165) is 32.1 Å². The normalized spacial score (nSPS) is 20.1. The van der Waals surface area contributed by atoms with Crippen LogP contribution in [-0.2, 0) is 4.79 Å². The maximum absolute atomic E-state index is 11.7. The minimum absolute atomic E-state index is 0.106. The highest BCUT2D eigenvalue weighted by atomic mass is 16.4. The number of rotatable bonds is 5. The van der Waals surface area contributed by atoms with Crippen molar-refractivity contribution in [3.05, 3.63) is 0 Å². The summed E-state index contributed by atoms with van der Waals surface area (Å²) in [4.78, 5) is 23.2. The Morgan fingerprint density at radius 1 is 1.21 bits per heavy atom. The van der Waals surface area contributed by atoms with Gasteiger partial charge in [-0.1, -0.05) is 32.6 Å². The molecule has 0 aromatic carbocycles. The first-order chi connectivity index (χ1) is 9.00. The Morgan fingerprint density at radius 2 is 1.79 bits per heavy atom. The fraction of sp³-hybridized carbons (Fsp3) is 0.857. The molecule has 0 heterocycles. The van der Waals surface area contributed by atoms with Gasteiger partial charge in [-0.3, -0.25) is 4.79 Å². The SMILES string of the molecule is CCC(C)NC(=O)NCC1(C(=O)O)CCCCCC1. The van der Waals surface area contributed by atoms with Crippen LogP contribution in [0.2, 0.25) is 0 Å². The van der Waals surface area contributed by atoms with E-state index in [-0.39, 0.29) is 18.6 Å². The van der Waals surface area contributed by atoms with Crippen LogP contribution < -0.4 is 10.6 Å². The molecule has 0 aromatic heterocycles. The summed E-state index contributed by atoms with van der Waals surface area (Å²) in [6.45, 7) is 4.15. The molecule has 1 saturated carbocycles. The molecule has 19 heavy (non-hydrogen) atoms. The maximum Gasteiger partial charge on any atom is 0.315 e. The number of carbonyl (C=O) groups is 2. The third-order valence-electron chi connectivity index (χ3n) is 4.09. The van der Waals surface area contributed by atoms with Gasteiger partial charge in [0.2, 0.25) is 0 Å². The number of urea groups is 1. The molecule has 3 N–H and O–H groups in total. The summed E-state index contributed by atoms with van der Waals surface area (Å²) in [5, 5.41) is 15.0. The highest BCUT2D eigenvalue weighted by Crippen LogP contribution is 2.34. The van der Waals surface area contributed by atoms with Crippen LogP contribution >= 0.6 is 0 Å². The maximum atomic E-state index is 11.7. The highest BCUT2D eigenvalue weighted by Gasteiger charge is 2.38. The zero-order valence-corrected chi connectivity index (χ0v) is 12.0. The predicted octanol–water partition coefficient (Wildman–Crippen LogP) is 2.51. The van der Waals surface area contributed by atoms with Gasteiger partial charge in [-0.15, -0.1) is 0 Å². The molecule has 5 nitrogen and oxygen atoms in total. The second kappa shape index (κ2) is 7.36. The first-order valence-corrected chi connectivity index (χ1v) is 7.28. The van der Waals surface area contributed by atoms with Gasteiger partial charge in [0.25, 0.3) is 0 Å². The van der Waals surface area contributed by atoms with Gasteiger partial charge in [0, 0.05) is 12.6 Å². The summed E-state index contributed by atoms with van der Waals surface area (Å²) >= 11 is 0. The number of aliphatic carboxylic acids is 1. The average molecular weight is 270 g/mol. The largest absolute Gasteiger partial charge is 0.481 e. The average Bonchev–Trinajstić information content (AvgIpc) is 2.62. The lowest BCUT2D eigenvalue weighted by Gasteiger charge is -2.28. The van der Waals surface area contributed by atoms with Crippen LogP contribution in [0.4, 0.5) is 4.79 Å². The van der Waals surface area contributed by atoms with Crippen LogP contribution in [-0.4, -0.2) is 29.7 Å². The van der Waals surface area contributed by atoms with Crippen LogP contribution in [0.1, 0.15) is 58.8 Å². The van der Waals surface area contributed by atoms with E-state index < -0.39 is 11.4 Å². The van der Waals surface area contributed by atoms with E-state index in [4.69, 9.17) is 0 Å². The van der Waals surface area contributed by atoms with E-state index >= 15 is 0 Å². The van der Waals surface area contributed by atoms with Gasteiger partial charge in [-0.05, 0) is 26.2 Å². The molecule has 110 valence electrons. The zero-order chi connectivity index (χ0) is 14.3. The molecule has 1 aliphatic rings. The second-order valence-corrected chi connectivity index (χ2v) is 5.64. The summed E-state index contributed by atoms with van der Waals surface area (Å²) in [6.07, 6.45) is 6.22. The minimum atomic E-state index is -0.779. The lowest BCUT2D eigenvalue weighted by Crippen LogP contribution is -2.47. The van der Waals surface area contributed by atoms with Crippen molar-refractivity contribution in [2.24, 2.45) is 5.41 Å². The summed E-state index contributed by atoms with van der Waals surface area (Å²) in [7, 11) is 0. The van der Waals surface area contributed by atoms with Gasteiger partial charge >= 0.3 is 12.0 Å². The summed E-state index contributed by atoms with van der Waals surface area (Å²) in [5.41, 5.74) is -0.775. The molecule has 2 amide bonds. The molecule has 1 unspecified atom stereocenters.